The molecule has 0 aromatic heterocycles. The molecular formula is C42H85N9O5. The third-order valence-electron chi connectivity index (χ3n) is 9.87. The molecule has 328 valence electrons. The normalized spacial score (nSPS) is 11.4. The van der Waals surface area contributed by atoms with Crippen LogP contribution >= 0.6 is 0 Å². The summed E-state index contributed by atoms with van der Waals surface area (Å²) in [7, 11) is 0. The number of nitrogens with zero attached hydrogens (tertiary/aromatic N) is 3. The molecule has 0 heterocycles. The van der Waals surface area contributed by atoms with Crippen molar-refractivity contribution < 1.29 is 24.0 Å². The maximum atomic E-state index is 13.1. The molecule has 0 saturated carbocycles. The van der Waals surface area contributed by atoms with Crippen molar-refractivity contribution in [2.75, 3.05) is 98.2 Å². The highest BCUT2D eigenvalue weighted by Gasteiger charge is 2.20. The molecule has 0 fully saturated rings. The van der Waals surface area contributed by atoms with Gasteiger partial charge in [0, 0.05) is 71.7 Å². The molecule has 0 atom stereocenters. The summed E-state index contributed by atoms with van der Waals surface area (Å²) >= 11 is 0. The smallest absolute Gasteiger partial charge is 0.234 e. The van der Waals surface area contributed by atoms with Gasteiger partial charge in [-0.25, -0.2) is 0 Å². The first-order valence-corrected chi connectivity index (χ1v) is 22.3. The number of unbranched alkanes of at least 4 members (excludes halogenated alkanes) is 15. The fraction of sp³-hybridized carbons (Fsp3) is 0.881. The molecule has 0 aliphatic carbocycles. The van der Waals surface area contributed by atoms with Crippen LogP contribution in [0.25, 0.3) is 0 Å². The molecule has 0 radical (unpaired) electrons. The Bertz CT molecular complexity index is 938. The summed E-state index contributed by atoms with van der Waals surface area (Å²) in [5.74, 6) is -0.436. The number of rotatable bonds is 42. The highest BCUT2D eigenvalue weighted by molar-refractivity contribution is 5.83. The van der Waals surface area contributed by atoms with Crippen molar-refractivity contribution >= 4 is 29.3 Å². The Morgan fingerprint density at radius 3 is 1.14 bits per heavy atom. The molecule has 14 nitrogen and oxygen atoms in total. The van der Waals surface area contributed by atoms with Gasteiger partial charge in [0.25, 0.3) is 0 Å². The molecule has 0 aliphatic heterocycles. The van der Waals surface area contributed by atoms with Crippen LogP contribution in [0.2, 0.25) is 0 Å². The topological polar surface area (TPSA) is 209 Å². The van der Waals surface area contributed by atoms with Gasteiger partial charge in [-0.3, -0.25) is 38.7 Å². The minimum Gasteiger partial charge on any atom is -0.355 e. The summed E-state index contributed by atoms with van der Waals surface area (Å²) < 4.78 is 0. The number of Topliss-reactive ketones (excluding diaryl/α,β-unsaturated/α-hetero) is 2. The van der Waals surface area contributed by atoms with E-state index >= 15 is 0 Å². The SMILES string of the molecule is CCCCCCCCCCCC(=O)CN(CCN(CCN(CC(=O)NCCN)CC(=O)NCCCCCCCCCC)CC(=O)NCCN)CC(=O)CCCN. The van der Waals surface area contributed by atoms with Crippen LogP contribution in [0, 0.1) is 0 Å². The first-order chi connectivity index (χ1) is 27.2. The van der Waals surface area contributed by atoms with E-state index in [1.54, 1.807) is 4.90 Å². The third kappa shape index (κ3) is 34.7. The Morgan fingerprint density at radius 2 is 0.714 bits per heavy atom. The van der Waals surface area contributed by atoms with Crippen LogP contribution in [0.1, 0.15) is 142 Å². The minimum absolute atomic E-state index is 0.00746. The number of nitrogens with one attached hydrogen (secondary N) is 3. The van der Waals surface area contributed by atoms with Crippen LogP contribution in [0.15, 0.2) is 0 Å². The lowest BCUT2D eigenvalue weighted by Gasteiger charge is -2.29. The van der Waals surface area contributed by atoms with Crippen molar-refractivity contribution in [3.8, 4) is 0 Å². The second kappa shape index (κ2) is 39.3. The van der Waals surface area contributed by atoms with Gasteiger partial charge in [0.15, 0.2) is 0 Å². The zero-order valence-electron chi connectivity index (χ0n) is 35.9. The molecule has 3 amide bonds. The van der Waals surface area contributed by atoms with Crippen LogP contribution in [-0.4, -0.2) is 142 Å². The number of hydrogen-bond donors (Lipinski definition) is 6. The van der Waals surface area contributed by atoms with Gasteiger partial charge in [0.1, 0.15) is 11.6 Å². The summed E-state index contributed by atoms with van der Waals surface area (Å²) in [6, 6.07) is 0. The zero-order valence-corrected chi connectivity index (χ0v) is 35.9. The predicted octanol–water partition coefficient (Wildman–Crippen LogP) is 3.10. The highest BCUT2D eigenvalue weighted by atomic mass is 16.2. The monoisotopic (exact) mass is 796 g/mol. The minimum atomic E-state index is -0.230. The standard InChI is InChI=1S/C42H85N9O5/c1-3-5-7-9-11-13-14-16-18-21-38(52)33-50(34-39(53)22-20-23-43)31-29-49(35-40(54)47-27-24-44)30-32-51(37-42(56)48-28-25-45)36-41(55)46-26-19-17-15-12-10-8-6-4-2/h3-37,43-45H2,1-2H3,(H,46,55)(H,47,54)(H,48,56). The molecule has 0 aromatic rings. The highest BCUT2D eigenvalue weighted by Crippen LogP contribution is 2.11. The van der Waals surface area contributed by atoms with E-state index in [1.165, 1.54) is 70.6 Å². The zero-order chi connectivity index (χ0) is 41.5. The summed E-state index contributed by atoms with van der Waals surface area (Å²) in [4.78, 5) is 70.2. The lowest BCUT2D eigenvalue weighted by molar-refractivity contribution is -0.126. The fourth-order valence-electron chi connectivity index (χ4n) is 6.54. The van der Waals surface area contributed by atoms with Gasteiger partial charge in [-0.15, -0.1) is 0 Å². The first kappa shape index (κ1) is 53.5. The van der Waals surface area contributed by atoms with Gasteiger partial charge in [0.05, 0.1) is 32.7 Å². The van der Waals surface area contributed by atoms with Crippen molar-refractivity contribution in [2.24, 2.45) is 17.2 Å². The molecule has 0 saturated heterocycles. The second-order valence-corrected chi connectivity index (χ2v) is 15.3. The van der Waals surface area contributed by atoms with Crippen molar-refractivity contribution in [1.29, 1.82) is 0 Å². The molecule has 0 unspecified atom stereocenters. The summed E-state index contributed by atoms with van der Waals surface area (Å²) in [5, 5.41) is 8.61. The molecule has 0 aromatic carbocycles. The number of ketones is 2. The van der Waals surface area contributed by atoms with E-state index in [9.17, 15) is 24.0 Å². The third-order valence-corrected chi connectivity index (χ3v) is 9.87. The maximum absolute atomic E-state index is 13.1. The van der Waals surface area contributed by atoms with Gasteiger partial charge >= 0.3 is 0 Å². The fourth-order valence-corrected chi connectivity index (χ4v) is 6.54. The Hall–Kier alpha value is -2.49. The molecule has 14 heteroatoms. The van der Waals surface area contributed by atoms with Crippen molar-refractivity contribution in [3.05, 3.63) is 0 Å². The molecule has 0 bridgehead atoms. The van der Waals surface area contributed by atoms with E-state index in [0.29, 0.717) is 84.7 Å². The average Bonchev–Trinajstić information content (AvgIpc) is 3.17. The Kier molecular flexibility index (Phi) is 37.6. The maximum Gasteiger partial charge on any atom is 0.234 e. The Labute approximate surface area is 340 Å². The molecular weight excluding hydrogens is 711 g/mol. The number of carbonyl (C=O) groups is 5. The second-order valence-electron chi connectivity index (χ2n) is 15.3. The Balaban J connectivity index is 5.45. The first-order valence-electron chi connectivity index (χ1n) is 22.3. The number of carbonyl (C=O) groups excluding carboxylic acids is 5. The van der Waals surface area contributed by atoms with Gasteiger partial charge in [-0.05, 0) is 25.8 Å². The van der Waals surface area contributed by atoms with Crippen LogP contribution in [0.4, 0.5) is 0 Å². The van der Waals surface area contributed by atoms with Crippen LogP contribution in [0.5, 0.6) is 0 Å². The summed E-state index contributed by atoms with van der Waals surface area (Å²) in [6.45, 7) is 8.71. The van der Waals surface area contributed by atoms with Crippen LogP contribution in [-0.2, 0) is 24.0 Å². The lowest BCUT2D eigenvalue weighted by Crippen LogP contribution is -2.49. The van der Waals surface area contributed by atoms with E-state index in [0.717, 1.165) is 38.5 Å². The van der Waals surface area contributed by atoms with Gasteiger partial charge < -0.3 is 33.2 Å². The van der Waals surface area contributed by atoms with E-state index in [2.05, 4.69) is 29.8 Å². The Morgan fingerprint density at radius 1 is 0.375 bits per heavy atom. The molecule has 56 heavy (non-hydrogen) atoms. The van der Waals surface area contributed by atoms with Gasteiger partial charge in [0.2, 0.25) is 17.7 Å². The number of hydrogen-bond acceptors (Lipinski definition) is 11. The van der Waals surface area contributed by atoms with Crippen molar-refractivity contribution in [2.45, 2.75) is 142 Å². The van der Waals surface area contributed by atoms with Crippen molar-refractivity contribution in [3.63, 3.8) is 0 Å². The average molecular weight is 796 g/mol. The van der Waals surface area contributed by atoms with E-state index < -0.39 is 0 Å². The molecule has 0 aliphatic rings. The quantitative estimate of drug-likeness (QED) is 0.0495. The van der Waals surface area contributed by atoms with Crippen LogP contribution in [0.3, 0.4) is 0 Å². The van der Waals surface area contributed by atoms with Gasteiger partial charge in [-0.2, -0.15) is 0 Å². The molecule has 9 N–H and O–H groups in total. The van der Waals surface area contributed by atoms with E-state index in [1.807, 2.05) is 9.80 Å². The summed E-state index contributed by atoms with van der Waals surface area (Å²) in [5.41, 5.74) is 16.9. The number of nitrogens with two attached hydrogens (primary N) is 3. The van der Waals surface area contributed by atoms with Crippen LogP contribution < -0.4 is 33.2 Å². The summed E-state index contributed by atoms with van der Waals surface area (Å²) in [6.07, 6.45) is 21.4. The van der Waals surface area contributed by atoms with E-state index in [4.69, 9.17) is 17.2 Å². The van der Waals surface area contributed by atoms with E-state index in [-0.39, 0.29) is 62.0 Å². The predicted molar refractivity (Wildman–Crippen MR) is 229 cm³/mol. The largest absolute Gasteiger partial charge is 0.355 e. The van der Waals surface area contributed by atoms with Gasteiger partial charge in [-0.1, -0.05) is 110 Å². The number of amides is 3. The lowest BCUT2D eigenvalue weighted by atomic mass is 10.1. The van der Waals surface area contributed by atoms with Crippen molar-refractivity contribution in [1.82, 2.24) is 30.7 Å². The molecule has 0 rings (SSSR count). The molecule has 0 spiro atoms.